The van der Waals surface area contributed by atoms with E-state index >= 15 is 0 Å². The molecule has 0 aliphatic rings. The molecule has 0 unspecified atom stereocenters. The van der Waals surface area contributed by atoms with Crippen LogP contribution in [0.2, 0.25) is 0 Å². The van der Waals surface area contributed by atoms with E-state index in [4.69, 9.17) is 29.6 Å². The molecule has 0 saturated carbocycles. The Hall–Kier alpha value is -7.99. The molecule has 18 heteroatoms. The number of hydrogen-bond acceptors (Lipinski definition) is 9. The van der Waals surface area contributed by atoms with E-state index in [-0.39, 0.29) is 143 Å². The van der Waals surface area contributed by atoms with Gasteiger partial charge in [0, 0.05) is 24.9 Å². The molecule has 16 aromatic carbocycles. The van der Waals surface area contributed by atoms with Crippen molar-refractivity contribution in [3.63, 3.8) is 0 Å². The number of carbonyl (C=O) groups excluding carboxylic acids is 3. The average Bonchev–Trinajstić information content (AvgIpc) is 0.836. The molecule has 16 rings (SSSR count). The first-order chi connectivity index (χ1) is 60.2. The molecule has 0 bridgehead atoms. The van der Waals surface area contributed by atoms with Crippen molar-refractivity contribution < 1.29 is 169 Å². The molecule has 0 spiro atoms. The SMILES string of the molecule is CC(C)(C)OC(=O)c1ccccc1Br.Cc1ccc(-c2ccccc2C(=O)OC(C)(C)C)cc1.Cc1ccc(B(O)O)cc1.O=CO[O-].[H-].[K+].[K+].[Pd].c1ccc(P(c2ccccc2)c2ccccc2)cc1.c1ccc(P(c2ccccc2)c2ccccc2)cc1.c1ccc(P(c2ccccc2)c2ccccc2)cc1.c1ccc(P(c2ccccc2)c2ccccc2)cc1. The van der Waals surface area contributed by atoms with Crippen LogP contribution in [0.4, 0.5) is 0 Å². The van der Waals surface area contributed by atoms with Crippen molar-refractivity contribution in [3.05, 3.63) is 488 Å². The summed E-state index contributed by atoms with van der Waals surface area (Å²) in [6.07, 6.45) is 0. The minimum atomic E-state index is -1.35. The fraction of sp³-hybridized carbons (Fsp3) is 0.0917. The van der Waals surface area contributed by atoms with Gasteiger partial charge in [0.15, 0.2) is 0 Å². The van der Waals surface area contributed by atoms with Crippen LogP contribution >= 0.6 is 47.6 Å². The molecule has 127 heavy (non-hydrogen) atoms. The predicted octanol–water partition coefficient (Wildman–Crippen LogP) is 14.0. The number of esters is 2. The second-order valence-electron chi connectivity index (χ2n) is 29.7. The topological polar surface area (TPSA) is 142 Å². The van der Waals surface area contributed by atoms with Gasteiger partial charge in [-0.1, -0.05) is 454 Å². The summed E-state index contributed by atoms with van der Waals surface area (Å²) in [6.45, 7) is 15.0. The number of carbonyl (C=O) groups is 3. The summed E-state index contributed by atoms with van der Waals surface area (Å²) in [6, 6.07) is 159. The standard InChI is InChI=1S/C18H20O2.4C18H15P.C11H13BrO2.C7H9BO2.CH2O3.2K.Pd.H/c1-13-9-11-14(12-10-13)15-7-5-6-8-16(15)17(19)20-18(2,3)4;4*1-4-10-16(11-5-1)19(17-12-6-2-7-13-17)18-14-8-3-9-15-18;1-11(2,3)14-10(13)8-6-4-5-7-9(8)12;1-6-2-4-7(5-3-6)8(9)10;2-1-4-3;;;;/h5-12H,1-4H3;4*1-15H;4-7H,1-3H3;2-5,9-10H,1H3;1,3H;;;;/q;;;;;;;;2*+1;;-1/p-1. The summed E-state index contributed by atoms with van der Waals surface area (Å²) in [7, 11) is -3.13. The van der Waals surface area contributed by atoms with Crippen LogP contribution in [0.25, 0.3) is 11.1 Å². The summed E-state index contributed by atoms with van der Waals surface area (Å²) in [5.74, 6) is -0.585. The Labute approximate surface area is 865 Å². The number of rotatable bonds is 17. The van der Waals surface area contributed by atoms with Gasteiger partial charge in [-0.2, -0.15) is 0 Å². The zero-order valence-electron chi connectivity index (χ0n) is 74.3. The smallest absolute Gasteiger partial charge is 1.00 e. The minimum Gasteiger partial charge on any atom is -1.00 e. The summed E-state index contributed by atoms with van der Waals surface area (Å²) < 4.78 is 11.5. The van der Waals surface area contributed by atoms with E-state index in [1.165, 1.54) is 69.2 Å². The molecule has 0 saturated heterocycles. The van der Waals surface area contributed by atoms with Crippen molar-refractivity contribution in [3.8, 4) is 11.1 Å². The minimum absolute atomic E-state index is 0. The Morgan fingerprint density at radius 1 is 0.307 bits per heavy atom. The zero-order valence-corrected chi connectivity index (χ0v) is 86.2. The van der Waals surface area contributed by atoms with Gasteiger partial charge in [0.2, 0.25) is 0 Å². The van der Waals surface area contributed by atoms with Gasteiger partial charge in [0.25, 0.3) is 6.47 Å². The summed E-state index contributed by atoms with van der Waals surface area (Å²) in [4.78, 5) is 35.2. The fourth-order valence-corrected chi connectivity index (χ4v) is 22.1. The molecule has 2 N–H and O–H groups in total. The number of halogens is 1. The predicted molar refractivity (Wildman–Crippen MR) is 531 cm³/mol. The molecule has 636 valence electrons. The van der Waals surface area contributed by atoms with E-state index in [0.717, 1.165) is 21.2 Å². The Kier molecular flexibility index (Phi) is 50.4. The normalized spacial score (nSPS) is 10.2. The molecule has 16 aromatic rings. The number of ether oxygens (including phenoxy) is 2. The average molecular weight is 1960 g/mol. The zero-order chi connectivity index (χ0) is 88.2. The molecule has 0 heterocycles. The van der Waals surface area contributed by atoms with E-state index in [9.17, 15) is 9.59 Å². The molecule has 0 aromatic heterocycles. The van der Waals surface area contributed by atoms with Gasteiger partial charge in [0.1, 0.15) is 11.2 Å². The molecular weight excluding hydrogens is 1850 g/mol. The number of hydrogen-bond donors (Lipinski definition) is 2. The van der Waals surface area contributed by atoms with Crippen LogP contribution in [0.3, 0.4) is 0 Å². The second kappa shape index (κ2) is 59.3. The molecule has 0 aliphatic heterocycles. The maximum Gasteiger partial charge on any atom is 1.00 e. The first kappa shape index (κ1) is 108. The molecular formula is C109H104BBrK2O9P4Pd. The van der Waals surface area contributed by atoms with Gasteiger partial charge >= 0.3 is 122 Å². The van der Waals surface area contributed by atoms with Gasteiger partial charge in [-0.3, -0.25) is 4.79 Å². The van der Waals surface area contributed by atoms with E-state index in [2.05, 4.69) is 385 Å². The Morgan fingerprint density at radius 2 is 0.488 bits per heavy atom. The maximum atomic E-state index is 12.3. The number of benzene rings is 16. The summed E-state index contributed by atoms with van der Waals surface area (Å²) in [5, 5.41) is 42.5. The molecule has 0 radical (unpaired) electrons. The van der Waals surface area contributed by atoms with Gasteiger partial charge < -0.3 is 31.1 Å². The Morgan fingerprint density at radius 3 is 0.685 bits per heavy atom. The maximum absolute atomic E-state index is 12.3. The van der Waals surface area contributed by atoms with E-state index in [1.54, 1.807) is 18.2 Å². The van der Waals surface area contributed by atoms with E-state index in [0.29, 0.717) is 16.6 Å². The van der Waals surface area contributed by atoms with Gasteiger partial charge in [-0.25, -0.2) is 9.59 Å². The van der Waals surface area contributed by atoms with Crippen LogP contribution in [-0.2, 0) is 39.6 Å². The van der Waals surface area contributed by atoms with Gasteiger partial charge in [-0.05, 0) is 201 Å². The van der Waals surface area contributed by atoms with Gasteiger partial charge in [-0.15, -0.1) is 0 Å². The van der Waals surface area contributed by atoms with Crippen LogP contribution in [0.5, 0.6) is 0 Å². The molecule has 9 nitrogen and oxygen atoms in total. The van der Waals surface area contributed by atoms with E-state index in [1.807, 2.05) is 134 Å². The van der Waals surface area contributed by atoms with Crippen molar-refractivity contribution in [2.75, 3.05) is 0 Å². The van der Waals surface area contributed by atoms with Crippen molar-refractivity contribution in [2.24, 2.45) is 0 Å². The monoisotopic (exact) mass is 1950 g/mol. The van der Waals surface area contributed by atoms with Crippen LogP contribution in [0.1, 0.15) is 74.8 Å². The van der Waals surface area contributed by atoms with Crippen molar-refractivity contribution >= 4 is 142 Å². The fourth-order valence-electron chi connectivity index (χ4n) is 12.4. The third-order valence-electron chi connectivity index (χ3n) is 18.0. The largest absolute Gasteiger partial charge is 1.00 e. The molecule has 0 atom stereocenters. The quantitative estimate of drug-likeness (QED) is 0.0227. The summed E-state index contributed by atoms with van der Waals surface area (Å²) in [5.41, 5.74) is 5.00. The van der Waals surface area contributed by atoms with Crippen LogP contribution in [0.15, 0.2) is 466 Å². The third-order valence-corrected chi connectivity index (χ3v) is 28.5. The molecule has 0 amide bonds. The van der Waals surface area contributed by atoms with Crippen molar-refractivity contribution in [1.29, 1.82) is 0 Å². The van der Waals surface area contributed by atoms with E-state index < -0.39 is 50.0 Å². The Balaban J connectivity index is 0.000000263. The summed E-state index contributed by atoms with van der Waals surface area (Å²) >= 11 is 3.30. The third kappa shape index (κ3) is 37.8. The van der Waals surface area contributed by atoms with Crippen molar-refractivity contribution in [1.82, 2.24) is 0 Å². The van der Waals surface area contributed by atoms with Crippen LogP contribution < -0.4 is 177 Å². The first-order valence-corrected chi connectivity index (χ1v) is 46.7. The molecule has 0 aliphatic carbocycles. The number of aryl methyl sites for hydroxylation is 2. The Bertz CT molecular complexity index is 4850. The van der Waals surface area contributed by atoms with Gasteiger partial charge in [0.05, 0.1) is 11.1 Å². The van der Waals surface area contributed by atoms with Crippen molar-refractivity contribution in [2.45, 2.75) is 66.6 Å². The van der Waals surface area contributed by atoms with Crippen LogP contribution in [0, 0.1) is 13.8 Å². The second-order valence-corrected chi connectivity index (χ2v) is 39.5. The molecule has 0 fully saturated rings. The first-order valence-electron chi connectivity index (χ1n) is 40.5. The van der Waals surface area contributed by atoms with Crippen LogP contribution in [-0.4, -0.2) is 46.8 Å².